The van der Waals surface area contributed by atoms with Gasteiger partial charge >= 0.3 is 0 Å². The molecule has 1 heterocycles. The molecule has 2 atom stereocenters. The maximum absolute atomic E-state index is 11.1. The van der Waals surface area contributed by atoms with Crippen LogP contribution in [0.2, 0.25) is 0 Å². The van der Waals surface area contributed by atoms with Crippen molar-refractivity contribution >= 4 is 27.3 Å². The quantitative estimate of drug-likeness (QED) is 0.669. The second-order valence-corrected chi connectivity index (χ2v) is 6.11. The van der Waals surface area contributed by atoms with Crippen molar-refractivity contribution in [1.82, 2.24) is 5.32 Å². The highest BCUT2D eigenvalue weighted by Crippen LogP contribution is 2.11. The number of hydrogen-bond acceptors (Lipinski definition) is 3. The van der Waals surface area contributed by atoms with E-state index in [-0.39, 0.29) is 23.5 Å². The molecule has 1 rings (SSSR count). The van der Waals surface area contributed by atoms with E-state index < -0.39 is 15.2 Å². The van der Waals surface area contributed by atoms with Gasteiger partial charge in [-0.05, 0) is 13.3 Å². The third-order valence-corrected chi connectivity index (χ3v) is 3.91. The Labute approximate surface area is 82.6 Å². The summed E-state index contributed by atoms with van der Waals surface area (Å²) in [5, 5.41) is 1.98. The third kappa shape index (κ3) is 3.15. The number of rotatable bonds is 2. The van der Waals surface area contributed by atoms with E-state index in [4.69, 9.17) is 11.6 Å². The summed E-state index contributed by atoms with van der Waals surface area (Å²) in [5.41, 5.74) is 0. The topological polar surface area (TPSA) is 63.2 Å². The first-order chi connectivity index (χ1) is 5.91. The average molecular weight is 226 g/mol. The summed E-state index contributed by atoms with van der Waals surface area (Å²) in [6.45, 7) is 1.56. The van der Waals surface area contributed by atoms with Crippen LogP contribution < -0.4 is 5.32 Å². The standard InChI is InChI=1S/C7H12ClNO3S/c1-5(8)7(10)9-6-2-3-13(11,12)4-6/h5-6H,2-4H2,1H3,(H,9,10)/t5-,6-/m0/s1. The fraction of sp³-hybridized carbons (Fsp3) is 0.857. The molecule has 0 aliphatic carbocycles. The lowest BCUT2D eigenvalue weighted by Gasteiger charge is -2.11. The van der Waals surface area contributed by atoms with E-state index in [1.54, 1.807) is 6.92 Å². The van der Waals surface area contributed by atoms with Gasteiger partial charge in [-0.3, -0.25) is 4.79 Å². The number of alkyl halides is 1. The Morgan fingerprint density at radius 2 is 2.23 bits per heavy atom. The summed E-state index contributed by atoms with van der Waals surface area (Å²) in [5.74, 6) is -0.0967. The average Bonchev–Trinajstić information content (AvgIpc) is 2.30. The van der Waals surface area contributed by atoms with Gasteiger partial charge in [-0.2, -0.15) is 0 Å². The zero-order valence-corrected chi connectivity index (χ0v) is 8.86. The molecule has 0 aromatic rings. The molecule has 76 valence electrons. The summed E-state index contributed by atoms with van der Waals surface area (Å²) in [7, 11) is -2.92. The van der Waals surface area contributed by atoms with Crippen LogP contribution >= 0.6 is 11.6 Å². The van der Waals surface area contributed by atoms with Gasteiger partial charge in [0, 0.05) is 6.04 Å². The fourth-order valence-corrected chi connectivity index (χ4v) is 2.96. The lowest BCUT2D eigenvalue weighted by atomic mass is 10.2. The zero-order chi connectivity index (χ0) is 10.1. The molecule has 0 saturated carbocycles. The predicted octanol–water partition coefficient (Wildman–Crippen LogP) is -0.0830. The predicted molar refractivity (Wildman–Crippen MR) is 50.5 cm³/mol. The van der Waals surface area contributed by atoms with E-state index in [1.807, 2.05) is 0 Å². The molecule has 4 nitrogen and oxygen atoms in total. The highest BCUT2D eigenvalue weighted by atomic mass is 35.5. The Morgan fingerprint density at radius 3 is 2.62 bits per heavy atom. The summed E-state index contributed by atoms with van der Waals surface area (Å²) < 4.78 is 22.0. The van der Waals surface area contributed by atoms with E-state index in [1.165, 1.54) is 0 Å². The molecule has 0 bridgehead atoms. The van der Waals surface area contributed by atoms with Crippen molar-refractivity contribution in [3.63, 3.8) is 0 Å². The number of carbonyl (C=O) groups excluding carboxylic acids is 1. The van der Waals surface area contributed by atoms with E-state index in [9.17, 15) is 13.2 Å². The number of amides is 1. The second-order valence-electron chi connectivity index (χ2n) is 3.22. The largest absolute Gasteiger partial charge is 0.351 e. The molecule has 0 radical (unpaired) electrons. The van der Waals surface area contributed by atoms with E-state index in [0.29, 0.717) is 6.42 Å². The summed E-state index contributed by atoms with van der Waals surface area (Å²) in [4.78, 5) is 11.1. The van der Waals surface area contributed by atoms with Crippen LogP contribution in [-0.4, -0.2) is 37.2 Å². The van der Waals surface area contributed by atoms with Crippen LogP contribution in [0.15, 0.2) is 0 Å². The lowest BCUT2D eigenvalue weighted by molar-refractivity contribution is -0.121. The number of halogens is 1. The molecule has 1 amide bonds. The van der Waals surface area contributed by atoms with Crippen LogP contribution in [0, 0.1) is 0 Å². The smallest absolute Gasteiger partial charge is 0.238 e. The molecule has 0 unspecified atom stereocenters. The molecule has 13 heavy (non-hydrogen) atoms. The molecule has 0 aromatic heterocycles. The van der Waals surface area contributed by atoms with Gasteiger partial charge in [-0.15, -0.1) is 11.6 Å². The van der Waals surface area contributed by atoms with Gasteiger partial charge in [-0.25, -0.2) is 8.42 Å². The summed E-state index contributed by atoms with van der Waals surface area (Å²) >= 11 is 5.52. The van der Waals surface area contributed by atoms with Crippen molar-refractivity contribution in [3.05, 3.63) is 0 Å². The van der Waals surface area contributed by atoms with Crippen molar-refractivity contribution < 1.29 is 13.2 Å². The Balaban J connectivity index is 2.46. The molecule has 0 aromatic carbocycles. The van der Waals surface area contributed by atoms with Crippen molar-refractivity contribution in [3.8, 4) is 0 Å². The highest BCUT2D eigenvalue weighted by molar-refractivity contribution is 7.91. The molecule has 1 N–H and O–H groups in total. The van der Waals surface area contributed by atoms with Gasteiger partial charge in [0.25, 0.3) is 0 Å². The van der Waals surface area contributed by atoms with Crippen LogP contribution in [0.5, 0.6) is 0 Å². The highest BCUT2D eigenvalue weighted by Gasteiger charge is 2.29. The minimum Gasteiger partial charge on any atom is -0.351 e. The third-order valence-electron chi connectivity index (χ3n) is 1.94. The molecule has 1 aliphatic rings. The number of nitrogens with one attached hydrogen (secondary N) is 1. The number of hydrogen-bond donors (Lipinski definition) is 1. The molecule has 1 fully saturated rings. The lowest BCUT2D eigenvalue weighted by Crippen LogP contribution is -2.39. The molecular weight excluding hydrogens is 214 g/mol. The molecule has 6 heteroatoms. The van der Waals surface area contributed by atoms with Gasteiger partial charge in [0.2, 0.25) is 5.91 Å². The maximum atomic E-state index is 11.1. The maximum Gasteiger partial charge on any atom is 0.238 e. The van der Waals surface area contributed by atoms with Crippen LogP contribution in [-0.2, 0) is 14.6 Å². The number of carbonyl (C=O) groups is 1. The molecule has 1 aliphatic heterocycles. The summed E-state index contributed by atoms with van der Waals surface area (Å²) in [6.07, 6.45) is 0.498. The van der Waals surface area contributed by atoms with Gasteiger partial charge in [0.15, 0.2) is 9.84 Å². The first-order valence-electron chi connectivity index (χ1n) is 4.05. The molecular formula is C7H12ClNO3S. The van der Waals surface area contributed by atoms with E-state index >= 15 is 0 Å². The van der Waals surface area contributed by atoms with Gasteiger partial charge in [-0.1, -0.05) is 0 Å². The Morgan fingerprint density at radius 1 is 1.62 bits per heavy atom. The fourth-order valence-electron chi connectivity index (χ4n) is 1.22. The van der Waals surface area contributed by atoms with Crippen LogP contribution in [0.4, 0.5) is 0 Å². The summed E-state index contributed by atoms with van der Waals surface area (Å²) in [6, 6.07) is -0.251. The first-order valence-corrected chi connectivity index (χ1v) is 6.31. The van der Waals surface area contributed by atoms with Gasteiger partial charge in [0.1, 0.15) is 5.38 Å². The monoisotopic (exact) mass is 225 g/mol. The van der Waals surface area contributed by atoms with Crippen LogP contribution in [0.1, 0.15) is 13.3 Å². The van der Waals surface area contributed by atoms with Crippen molar-refractivity contribution in [2.24, 2.45) is 0 Å². The van der Waals surface area contributed by atoms with Crippen LogP contribution in [0.25, 0.3) is 0 Å². The van der Waals surface area contributed by atoms with Crippen molar-refractivity contribution in [1.29, 1.82) is 0 Å². The second kappa shape index (κ2) is 3.84. The van der Waals surface area contributed by atoms with Gasteiger partial charge < -0.3 is 5.32 Å². The SMILES string of the molecule is C[C@H](Cl)C(=O)N[C@H]1CCS(=O)(=O)C1. The van der Waals surface area contributed by atoms with Gasteiger partial charge in [0.05, 0.1) is 11.5 Å². The number of sulfone groups is 1. The normalized spacial score (nSPS) is 28.3. The Kier molecular flexibility index (Phi) is 3.18. The van der Waals surface area contributed by atoms with E-state index in [2.05, 4.69) is 5.32 Å². The van der Waals surface area contributed by atoms with Crippen molar-refractivity contribution in [2.45, 2.75) is 24.8 Å². The Bertz CT molecular complexity index is 299. The van der Waals surface area contributed by atoms with Crippen LogP contribution in [0.3, 0.4) is 0 Å². The first kappa shape index (κ1) is 10.8. The molecule has 1 saturated heterocycles. The minimum absolute atomic E-state index is 0.0440. The van der Waals surface area contributed by atoms with Crippen molar-refractivity contribution in [2.75, 3.05) is 11.5 Å². The zero-order valence-electron chi connectivity index (χ0n) is 7.29. The minimum atomic E-state index is -2.92. The molecule has 0 spiro atoms. The Hall–Kier alpha value is -0.290. The van der Waals surface area contributed by atoms with E-state index in [0.717, 1.165) is 0 Å².